The molecule has 2 aromatic carbocycles. The van der Waals surface area contributed by atoms with E-state index in [-0.39, 0.29) is 16.9 Å². The third kappa shape index (κ3) is 8.05. The monoisotopic (exact) mass is 510 g/mol. The molecule has 4 N–H and O–H groups in total. The summed E-state index contributed by atoms with van der Waals surface area (Å²) in [4.78, 5) is 21.8. The lowest BCUT2D eigenvalue weighted by Crippen LogP contribution is -2.35. The Morgan fingerprint density at radius 1 is 0.706 bits per heavy atom. The molecule has 6 nitrogen and oxygen atoms in total. The number of anilines is 2. The van der Waals surface area contributed by atoms with Crippen LogP contribution in [0.25, 0.3) is 0 Å². The van der Waals surface area contributed by atoms with E-state index < -0.39 is 64.5 Å². The Morgan fingerprint density at radius 2 is 1.00 bits per heavy atom. The lowest BCUT2D eigenvalue weighted by Gasteiger charge is -2.19. The molecule has 0 amide bonds. The van der Waals surface area contributed by atoms with Gasteiger partial charge < -0.3 is 20.8 Å². The van der Waals surface area contributed by atoms with Gasteiger partial charge in [-0.05, 0) is 24.0 Å². The Kier molecular flexibility index (Phi) is 10.6. The van der Waals surface area contributed by atoms with Gasteiger partial charge in [0.15, 0.2) is 23.3 Å². The summed E-state index contributed by atoms with van der Waals surface area (Å²) in [6.07, 6.45) is 0. The lowest BCUT2D eigenvalue weighted by atomic mass is 10.0. The van der Waals surface area contributed by atoms with Crippen molar-refractivity contribution in [3.63, 3.8) is 0 Å². The molecule has 2 rings (SSSR count). The number of nitrogens with one attached hydrogen (secondary N) is 2. The van der Waals surface area contributed by atoms with E-state index in [2.05, 4.69) is 10.6 Å². The van der Waals surface area contributed by atoms with Crippen molar-refractivity contribution in [2.45, 2.75) is 39.8 Å². The largest absolute Gasteiger partial charge is 0.480 e. The number of benzene rings is 2. The minimum atomic E-state index is -1.23. The average molecular weight is 511 g/mol. The smallest absolute Gasteiger partial charge is 0.326 e. The normalized spacial score (nSPS) is 12.6. The van der Waals surface area contributed by atoms with Gasteiger partial charge in [0.2, 0.25) is 0 Å². The van der Waals surface area contributed by atoms with E-state index in [4.69, 9.17) is 21.8 Å². The van der Waals surface area contributed by atoms with Crippen molar-refractivity contribution < 1.29 is 41.8 Å². The van der Waals surface area contributed by atoms with E-state index in [1.165, 1.54) is 0 Å². The van der Waals surface area contributed by atoms with E-state index in [0.717, 1.165) is 12.1 Å². The van der Waals surface area contributed by atoms with Gasteiger partial charge in [-0.15, -0.1) is 0 Å². The van der Waals surface area contributed by atoms with Crippen LogP contribution >= 0.6 is 11.6 Å². The molecule has 0 aliphatic carbocycles. The van der Waals surface area contributed by atoms with Crippen LogP contribution in [0.4, 0.5) is 33.3 Å². The Balaban J connectivity index is 0.000000340. The highest BCUT2D eigenvalue weighted by molar-refractivity contribution is 6.30. The molecule has 188 valence electrons. The molecule has 2 aromatic rings. The third-order valence-electron chi connectivity index (χ3n) is 4.48. The van der Waals surface area contributed by atoms with Gasteiger partial charge in [-0.2, -0.15) is 0 Å². The summed E-state index contributed by atoms with van der Waals surface area (Å²) in [5.41, 5.74) is -1.11. The van der Waals surface area contributed by atoms with Gasteiger partial charge >= 0.3 is 11.9 Å². The quantitative estimate of drug-likeness (QED) is 0.337. The van der Waals surface area contributed by atoms with E-state index in [9.17, 15) is 31.5 Å². The molecule has 0 spiro atoms. The van der Waals surface area contributed by atoms with Crippen molar-refractivity contribution in [2.75, 3.05) is 10.6 Å². The molecule has 0 saturated heterocycles. The molecule has 0 fully saturated rings. The zero-order chi connectivity index (χ0) is 26.3. The molecule has 0 saturated carbocycles. The average Bonchev–Trinajstić information content (AvgIpc) is 2.65. The van der Waals surface area contributed by atoms with Crippen LogP contribution in [0.15, 0.2) is 24.3 Å². The third-order valence-corrected chi connectivity index (χ3v) is 4.70. The predicted octanol–water partition coefficient (Wildman–Crippen LogP) is 5.76. The zero-order valence-electron chi connectivity index (χ0n) is 18.6. The van der Waals surface area contributed by atoms with Crippen molar-refractivity contribution in [3.05, 3.63) is 58.4 Å². The number of carbonyl (C=O) groups is 2. The fourth-order valence-corrected chi connectivity index (χ4v) is 2.89. The number of rotatable bonds is 8. The molecule has 2 atom stereocenters. The van der Waals surface area contributed by atoms with Gasteiger partial charge in [0, 0.05) is 17.2 Å². The van der Waals surface area contributed by atoms with Gasteiger partial charge in [0.25, 0.3) is 0 Å². The van der Waals surface area contributed by atoms with Crippen molar-refractivity contribution in [1.29, 1.82) is 0 Å². The van der Waals surface area contributed by atoms with Crippen molar-refractivity contribution >= 4 is 34.9 Å². The SMILES string of the molecule is CC(C)C(Nc1c(F)cc(Cl)cc1F)C(=O)O.CC(C)C(Nc1c(F)cc(F)cc1F)C(=O)O. The molecule has 12 heteroatoms. The second-order valence-corrected chi connectivity index (χ2v) is 8.33. The van der Waals surface area contributed by atoms with Gasteiger partial charge in [-0.3, -0.25) is 0 Å². The summed E-state index contributed by atoms with van der Waals surface area (Å²) >= 11 is 5.46. The number of aliphatic carboxylic acids is 2. The maximum absolute atomic E-state index is 13.4. The number of hydrogen-bond acceptors (Lipinski definition) is 4. The first-order valence-electron chi connectivity index (χ1n) is 9.93. The van der Waals surface area contributed by atoms with Crippen LogP contribution in [0.2, 0.25) is 5.02 Å². The number of carboxylic acids is 2. The van der Waals surface area contributed by atoms with E-state index in [1.807, 2.05) is 0 Å². The highest BCUT2D eigenvalue weighted by Gasteiger charge is 2.25. The lowest BCUT2D eigenvalue weighted by molar-refractivity contribution is -0.139. The number of carboxylic acid groups (broad SMARTS) is 2. The van der Waals surface area contributed by atoms with E-state index in [1.54, 1.807) is 27.7 Å². The Morgan fingerprint density at radius 3 is 1.26 bits per heavy atom. The topological polar surface area (TPSA) is 98.7 Å². The second kappa shape index (κ2) is 12.4. The summed E-state index contributed by atoms with van der Waals surface area (Å²) in [6.45, 7) is 6.45. The molecule has 0 aromatic heterocycles. The molecule has 34 heavy (non-hydrogen) atoms. The maximum atomic E-state index is 13.4. The summed E-state index contributed by atoms with van der Waals surface area (Å²) in [6, 6.07) is 0.609. The van der Waals surface area contributed by atoms with Crippen LogP contribution < -0.4 is 10.6 Å². The van der Waals surface area contributed by atoms with E-state index in [0.29, 0.717) is 12.1 Å². The molecular formula is C22H24ClF5N2O4. The van der Waals surface area contributed by atoms with E-state index >= 15 is 0 Å². The number of halogens is 6. The van der Waals surface area contributed by atoms with Crippen LogP contribution in [-0.2, 0) is 9.59 Å². The molecule has 0 aliphatic heterocycles. The van der Waals surface area contributed by atoms with Crippen molar-refractivity contribution in [2.24, 2.45) is 11.8 Å². The standard InChI is InChI=1S/C11H12ClF2NO2.C11H12F3NO2/c2*1-5(2)9(11(16)17)15-10-7(13)3-6(12)4-8(10)14/h2*3-5,9,15H,1-2H3,(H,16,17). The molecule has 0 radical (unpaired) electrons. The zero-order valence-corrected chi connectivity index (χ0v) is 19.4. The molecular weight excluding hydrogens is 487 g/mol. The minimum absolute atomic E-state index is 0.0815. The first-order chi connectivity index (χ1) is 15.6. The van der Waals surface area contributed by atoms with Crippen LogP contribution in [0.1, 0.15) is 27.7 Å². The Labute approximate surface area is 197 Å². The Bertz CT molecular complexity index is 909. The predicted molar refractivity (Wildman–Crippen MR) is 117 cm³/mol. The summed E-state index contributed by atoms with van der Waals surface area (Å²) in [7, 11) is 0. The highest BCUT2D eigenvalue weighted by atomic mass is 35.5. The fourth-order valence-electron chi connectivity index (χ4n) is 2.70. The maximum Gasteiger partial charge on any atom is 0.326 e. The van der Waals surface area contributed by atoms with Crippen LogP contribution in [-0.4, -0.2) is 34.2 Å². The Hall–Kier alpha value is -3.08. The van der Waals surface area contributed by atoms with Gasteiger partial charge in [-0.25, -0.2) is 31.5 Å². The van der Waals surface area contributed by atoms with Crippen molar-refractivity contribution in [3.8, 4) is 0 Å². The molecule has 0 aliphatic rings. The minimum Gasteiger partial charge on any atom is -0.480 e. The van der Waals surface area contributed by atoms with Crippen LogP contribution in [0.5, 0.6) is 0 Å². The number of hydrogen-bond donors (Lipinski definition) is 4. The summed E-state index contributed by atoms with van der Waals surface area (Å²) < 4.78 is 66.0. The second-order valence-electron chi connectivity index (χ2n) is 7.90. The molecule has 0 heterocycles. The first-order valence-corrected chi connectivity index (χ1v) is 10.3. The summed E-state index contributed by atoms with van der Waals surface area (Å²) in [5.74, 6) is -8.30. The first kappa shape index (κ1) is 29.0. The molecule has 2 unspecified atom stereocenters. The molecule has 0 bridgehead atoms. The fraction of sp³-hybridized carbons (Fsp3) is 0.364. The summed E-state index contributed by atoms with van der Waals surface area (Å²) in [5, 5.41) is 22.2. The van der Waals surface area contributed by atoms with Gasteiger partial charge in [0.05, 0.1) is 0 Å². The van der Waals surface area contributed by atoms with Gasteiger partial charge in [-0.1, -0.05) is 39.3 Å². The van der Waals surface area contributed by atoms with Crippen molar-refractivity contribution in [1.82, 2.24) is 0 Å². The highest BCUT2D eigenvalue weighted by Crippen LogP contribution is 2.25. The van der Waals surface area contributed by atoms with Gasteiger partial charge in [0.1, 0.15) is 29.3 Å². The van der Waals surface area contributed by atoms with Crippen LogP contribution in [0, 0.1) is 40.9 Å². The van der Waals surface area contributed by atoms with Crippen LogP contribution in [0.3, 0.4) is 0 Å².